The quantitative estimate of drug-likeness (QED) is 0.724. The predicted molar refractivity (Wildman–Crippen MR) is 79.3 cm³/mol. The number of sulfonamides is 1. The lowest BCUT2D eigenvalue weighted by atomic mass is 10.1. The molecule has 0 spiro atoms. The zero-order valence-electron chi connectivity index (χ0n) is 12.2. The van der Waals surface area contributed by atoms with Crippen LogP contribution in [-0.2, 0) is 14.8 Å². The van der Waals surface area contributed by atoms with E-state index in [4.69, 9.17) is 0 Å². The average Bonchev–Trinajstić information content (AvgIpc) is 2.35. The number of benzene rings is 1. The maximum absolute atomic E-state index is 12.3. The van der Waals surface area contributed by atoms with Gasteiger partial charge in [0.15, 0.2) is 0 Å². The van der Waals surface area contributed by atoms with Gasteiger partial charge in [0.1, 0.15) is 0 Å². The van der Waals surface area contributed by atoms with E-state index in [1.54, 1.807) is 40.0 Å². The standard InChI is InChI=1S/C13H21N3O3S/c1-5-15-12(17)8-16-20(18,19)13-9(2)6-11(14-4)7-10(13)3/h6-7,14,16H,5,8H2,1-4H3,(H,15,17). The van der Waals surface area contributed by atoms with Crippen LogP contribution < -0.4 is 15.4 Å². The van der Waals surface area contributed by atoms with Crippen LogP contribution in [0.2, 0.25) is 0 Å². The number of rotatable bonds is 6. The maximum atomic E-state index is 12.3. The molecule has 1 aromatic rings. The van der Waals surface area contributed by atoms with Gasteiger partial charge < -0.3 is 10.6 Å². The summed E-state index contributed by atoms with van der Waals surface area (Å²) >= 11 is 0. The predicted octanol–water partition coefficient (Wildman–Crippen LogP) is 0.760. The summed E-state index contributed by atoms with van der Waals surface area (Å²) in [4.78, 5) is 11.6. The monoisotopic (exact) mass is 299 g/mol. The summed E-state index contributed by atoms with van der Waals surface area (Å²) in [6, 6.07) is 3.52. The van der Waals surface area contributed by atoms with E-state index in [2.05, 4.69) is 15.4 Å². The highest BCUT2D eigenvalue weighted by atomic mass is 32.2. The van der Waals surface area contributed by atoms with Crippen molar-refractivity contribution in [1.29, 1.82) is 0 Å². The number of likely N-dealkylation sites (N-methyl/N-ethyl adjacent to an activating group) is 1. The fourth-order valence-electron chi connectivity index (χ4n) is 2.01. The van der Waals surface area contributed by atoms with E-state index in [1.807, 2.05) is 0 Å². The van der Waals surface area contributed by atoms with Crippen molar-refractivity contribution in [2.75, 3.05) is 25.5 Å². The van der Waals surface area contributed by atoms with E-state index < -0.39 is 10.0 Å². The van der Waals surface area contributed by atoms with Crippen LogP contribution in [-0.4, -0.2) is 34.5 Å². The smallest absolute Gasteiger partial charge is 0.241 e. The second-order valence-corrected chi connectivity index (χ2v) is 6.17. The Bertz CT molecular complexity index is 574. The largest absolute Gasteiger partial charge is 0.388 e. The number of amides is 1. The number of hydrogen-bond donors (Lipinski definition) is 3. The molecule has 0 saturated carbocycles. The fraction of sp³-hybridized carbons (Fsp3) is 0.462. The van der Waals surface area contributed by atoms with E-state index in [1.165, 1.54) is 0 Å². The molecule has 0 aromatic heterocycles. The van der Waals surface area contributed by atoms with E-state index in [0.29, 0.717) is 17.7 Å². The van der Waals surface area contributed by atoms with E-state index in [9.17, 15) is 13.2 Å². The Hall–Kier alpha value is -1.60. The molecule has 0 aliphatic heterocycles. The summed E-state index contributed by atoms with van der Waals surface area (Å²) in [5, 5.41) is 5.52. The molecule has 7 heteroatoms. The van der Waals surface area contributed by atoms with E-state index in [-0.39, 0.29) is 17.3 Å². The molecule has 0 heterocycles. The van der Waals surface area contributed by atoms with Gasteiger partial charge in [0.05, 0.1) is 11.4 Å². The minimum atomic E-state index is -3.70. The topological polar surface area (TPSA) is 87.3 Å². The van der Waals surface area contributed by atoms with Gasteiger partial charge in [0, 0.05) is 19.3 Å². The molecule has 0 bridgehead atoms. The van der Waals surface area contributed by atoms with Crippen LogP contribution in [0.4, 0.5) is 5.69 Å². The first-order valence-corrected chi connectivity index (χ1v) is 7.85. The SMILES string of the molecule is CCNC(=O)CNS(=O)(=O)c1c(C)cc(NC)cc1C. The summed E-state index contributed by atoms with van der Waals surface area (Å²) in [5.74, 6) is -0.349. The minimum Gasteiger partial charge on any atom is -0.388 e. The Balaban J connectivity index is 3.01. The minimum absolute atomic E-state index is 0.223. The van der Waals surface area contributed by atoms with Crippen LogP contribution in [0, 0.1) is 13.8 Å². The van der Waals surface area contributed by atoms with Crippen LogP contribution in [0.1, 0.15) is 18.1 Å². The third-order valence-corrected chi connectivity index (χ3v) is 4.52. The van der Waals surface area contributed by atoms with E-state index >= 15 is 0 Å². The third-order valence-electron chi connectivity index (χ3n) is 2.81. The van der Waals surface area contributed by atoms with Crippen LogP contribution in [0.25, 0.3) is 0 Å². The normalized spacial score (nSPS) is 11.2. The molecular formula is C13H21N3O3S. The van der Waals surface area contributed by atoms with Crippen molar-refractivity contribution in [2.24, 2.45) is 0 Å². The van der Waals surface area contributed by atoms with Gasteiger partial charge in [-0.15, -0.1) is 0 Å². The average molecular weight is 299 g/mol. The first-order valence-electron chi connectivity index (χ1n) is 6.37. The number of aryl methyl sites for hydroxylation is 2. The summed E-state index contributed by atoms with van der Waals surface area (Å²) in [6.45, 7) is 5.44. The highest BCUT2D eigenvalue weighted by Crippen LogP contribution is 2.23. The van der Waals surface area contributed by atoms with Gasteiger partial charge in [-0.3, -0.25) is 4.79 Å². The molecule has 20 heavy (non-hydrogen) atoms. The molecule has 0 fully saturated rings. The molecule has 1 rings (SSSR count). The van der Waals surface area contributed by atoms with Gasteiger partial charge in [-0.25, -0.2) is 13.1 Å². The Kier molecular flexibility index (Phi) is 5.52. The molecule has 0 aliphatic carbocycles. The molecule has 0 atom stereocenters. The first-order chi connectivity index (χ1) is 9.31. The Morgan fingerprint density at radius 3 is 2.20 bits per heavy atom. The summed E-state index contributed by atoms with van der Waals surface area (Å²) < 4.78 is 26.9. The van der Waals surface area contributed by atoms with Crippen molar-refractivity contribution in [3.05, 3.63) is 23.3 Å². The first kappa shape index (κ1) is 16.5. The maximum Gasteiger partial charge on any atom is 0.241 e. The third kappa shape index (κ3) is 3.94. The molecular weight excluding hydrogens is 278 g/mol. The van der Waals surface area contributed by atoms with E-state index in [0.717, 1.165) is 5.69 Å². The summed E-state index contributed by atoms with van der Waals surface area (Å²) in [5.41, 5.74) is 2.12. The molecule has 3 N–H and O–H groups in total. The molecule has 0 radical (unpaired) electrons. The van der Waals surface area contributed by atoms with Gasteiger partial charge in [-0.1, -0.05) is 0 Å². The Morgan fingerprint density at radius 2 is 1.75 bits per heavy atom. The number of hydrogen-bond acceptors (Lipinski definition) is 4. The second kappa shape index (κ2) is 6.71. The van der Waals surface area contributed by atoms with Crippen LogP contribution >= 0.6 is 0 Å². The zero-order valence-corrected chi connectivity index (χ0v) is 13.0. The number of carbonyl (C=O) groups is 1. The molecule has 0 aliphatic rings. The molecule has 112 valence electrons. The molecule has 1 amide bonds. The Labute approximate surface area is 120 Å². The lowest BCUT2D eigenvalue weighted by Crippen LogP contribution is -2.37. The fourth-order valence-corrected chi connectivity index (χ4v) is 3.44. The van der Waals surface area contributed by atoms with Gasteiger partial charge >= 0.3 is 0 Å². The molecule has 0 unspecified atom stereocenters. The van der Waals surface area contributed by atoms with Gasteiger partial charge in [0.2, 0.25) is 15.9 Å². The zero-order chi connectivity index (χ0) is 15.3. The van der Waals surface area contributed by atoms with Crippen LogP contribution in [0.3, 0.4) is 0 Å². The lowest BCUT2D eigenvalue weighted by molar-refractivity contribution is -0.119. The van der Waals surface area contributed by atoms with Crippen molar-refractivity contribution in [3.8, 4) is 0 Å². The van der Waals surface area contributed by atoms with Crippen molar-refractivity contribution < 1.29 is 13.2 Å². The highest BCUT2D eigenvalue weighted by molar-refractivity contribution is 7.89. The van der Waals surface area contributed by atoms with Crippen molar-refractivity contribution >= 4 is 21.6 Å². The highest BCUT2D eigenvalue weighted by Gasteiger charge is 2.20. The van der Waals surface area contributed by atoms with Gasteiger partial charge in [-0.2, -0.15) is 0 Å². The second-order valence-electron chi connectivity index (χ2n) is 4.47. The van der Waals surface area contributed by atoms with Crippen LogP contribution in [0.15, 0.2) is 17.0 Å². The van der Waals surface area contributed by atoms with Gasteiger partial charge in [0.25, 0.3) is 0 Å². The van der Waals surface area contributed by atoms with Crippen LogP contribution in [0.5, 0.6) is 0 Å². The number of nitrogens with one attached hydrogen (secondary N) is 3. The van der Waals surface area contributed by atoms with Crippen molar-refractivity contribution in [2.45, 2.75) is 25.7 Å². The number of anilines is 1. The van der Waals surface area contributed by atoms with Crippen molar-refractivity contribution in [1.82, 2.24) is 10.0 Å². The Morgan fingerprint density at radius 1 is 1.20 bits per heavy atom. The lowest BCUT2D eigenvalue weighted by Gasteiger charge is -2.14. The summed E-state index contributed by atoms with van der Waals surface area (Å²) in [7, 11) is -1.93. The van der Waals surface area contributed by atoms with Crippen molar-refractivity contribution in [3.63, 3.8) is 0 Å². The molecule has 0 saturated heterocycles. The molecule has 1 aromatic carbocycles. The van der Waals surface area contributed by atoms with Gasteiger partial charge in [-0.05, 0) is 44.0 Å². The summed E-state index contributed by atoms with van der Waals surface area (Å²) in [6.07, 6.45) is 0. The molecule has 6 nitrogen and oxygen atoms in total. The number of carbonyl (C=O) groups excluding carboxylic acids is 1.